The summed E-state index contributed by atoms with van der Waals surface area (Å²) in [7, 11) is -3.78. The lowest BCUT2D eigenvalue weighted by Gasteiger charge is -2.32. The van der Waals surface area contributed by atoms with Gasteiger partial charge >= 0.3 is 0 Å². The highest BCUT2D eigenvalue weighted by atomic mass is 32.2. The summed E-state index contributed by atoms with van der Waals surface area (Å²) >= 11 is 0. The van der Waals surface area contributed by atoms with Gasteiger partial charge < -0.3 is 4.57 Å². The molecule has 1 aromatic carbocycles. The zero-order chi connectivity index (χ0) is 16.7. The lowest BCUT2D eigenvalue weighted by Crippen LogP contribution is -2.39. The molecule has 24 heavy (non-hydrogen) atoms. The van der Waals surface area contributed by atoms with Crippen LogP contribution in [0.5, 0.6) is 0 Å². The summed E-state index contributed by atoms with van der Waals surface area (Å²) < 4.78 is 42.6. The molecule has 0 bridgehead atoms. The third kappa shape index (κ3) is 2.73. The van der Waals surface area contributed by atoms with Gasteiger partial charge in [0, 0.05) is 25.0 Å². The van der Waals surface area contributed by atoms with Gasteiger partial charge in [-0.2, -0.15) is 4.31 Å². The molecule has 0 radical (unpaired) electrons. The molecule has 2 heterocycles. The van der Waals surface area contributed by atoms with Crippen LogP contribution in [0.25, 0.3) is 0 Å². The monoisotopic (exact) mass is 350 g/mol. The van der Waals surface area contributed by atoms with Crippen LogP contribution in [0.2, 0.25) is 0 Å². The SMILES string of the molecule is O=S(=O)(c1ccccc1F)N1CCC(n2cnnc2C2CC2)CC1. The van der Waals surface area contributed by atoms with Crippen molar-refractivity contribution in [3.05, 3.63) is 42.2 Å². The maximum absolute atomic E-state index is 13.9. The van der Waals surface area contributed by atoms with Crippen molar-refractivity contribution in [2.45, 2.75) is 42.5 Å². The largest absolute Gasteiger partial charge is 0.314 e. The highest BCUT2D eigenvalue weighted by molar-refractivity contribution is 7.89. The van der Waals surface area contributed by atoms with Gasteiger partial charge in [-0.25, -0.2) is 12.8 Å². The van der Waals surface area contributed by atoms with E-state index in [0.29, 0.717) is 31.8 Å². The van der Waals surface area contributed by atoms with Gasteiger partial charge in [-0.15, -0.1) is 10.2 Å². The molecule has 0 spiro atoms. The van der Waals surface area contributed by atoms with Crippen molar-refractivity contribution in [1.82, 2.24) is 19.1 Å². The van der Waals surface area contributed by atoms with Gasteiger partial charge in [-0.05, 0) is 37.8 Å². The average Bonchev–Trinajstić information content (AvgIpc) is 3.32. The quantitative estimate of drug-likeness (QED) is 0.849. The molecular formula is C16H19FN4O2S. The first-order valence-electron chi connectivity index (χ1n) is 8.21. The molecule has 4 rings (SSSR count). The number of benzene rings is 1. The van der Waals surface area contributed by atoms with Gasteiger partial charge in [0.05, 0.1) is 0 Å². The second kappa shape index (κ2) is 5.93. The third-order valence-electron chi connectivity index (χ3n) is 4.81. The molecule has 2 aromatic rings. The molecule has 1 saturated heterocycles. The topological polar surface area (TPSA) is 68.1 Å². The van der Waals surface area contributed by atoms with Crippen LogP contribution >= 0.6 is 0 Å². The van der Waals surface area contributed by atoms with Crippen LogP contribution in [0.1, 0.15) is 43.5 Å². The minimum Gasteiger partial charge on any atom is -0.314 e. The maximum atomic E-state index is 13.9. The molecule has 2 fully saturated rings. The van der Waals surface area contributed by atoms with Crippen molar-refractivity contribution < 1.29 is 12.8 Å². The highest BCUT2D eigenvalue weighted by Gasteiger charge is 2.35. The Kier molecular flexibility index (Phi) is 3.88. The predicted molar refractivity (Wildman–Crippen MR) is 85.4 cm³/mol. The second-order valence-electron chi connectivity index (χ2n) is 6.44. The normalized spacial score (nSPS) is 20.4. The molecule has 0 amide bonds. The molecule has 0 N–H and O–H groups in total. The van der Waals surface area contributed by atoms with Gasteiger partial charge in [0.2, 0.25) is 10.0 Å². The number of sulfonamides is 1. The third-order valence-corrected chi connectivity index (χ3v) is 6.75. The van der Waals surface area contributed by atoms with Crippen LogP contribution in [0, 0.1) is 5.82 Å². The van der Waals surface area contributed by atoms with Crippen molar-refractivity contribution in [2.75, 3.05) is 13.1 Å². The van der Waals surface area contributed by atoms with E-state index in [2.05, 4.69) is 14.8 Å². The van der Waals surface area contributed by atoms with E-state index in [0.717, 1.165) is 18.7 Å². The Bertz CT molecular complexity index is 839. The standard InChI is InChI=1S/C16H19FN4O2S/c17-14-3-1-2-4-15(14)24(22,23)20-9-7-13(8-10-20)21-11-18-19-16(21)12-5-6-12/h1-4,11-13H,5-10H2. The molecule has 128 valence electrons. The Morgan fingerprint density at radius 1 is 1.08 bits per heavy atom. The fourth-order valence-corrected chi connectivity index (χ4v) is 4.86. The van der Waals surface area contributed by atoms with Crippen molar-refractivity contribution in [1.29, 1.82) is 0 Å². The van der Waals surface area contributed by atoms with Crippen LogP contribution in [-0.2, 0) is 10.0 Å². The van der Waals surface area contributed by atoms with E-state index in [1.165, 1.54) is 22.5 Å². The molecule has 1 aliphatic heterocycles. The molecule has 1 saturated carbocycles. The Morgan fingerprint density at radius 3 is 2.46 bits per heavy atom. The van der Waals surface area contributed by atoms with E-state index in [1.807, 2.05) is 0 Å². The van der Waals surface area contributed by atoms with Gasteiger partial charge in [-0.1, -0.05) is 12.1 Å². The first-order valence-corrected chi connectivity index (χ1v) is 9.65. The number of rotatable bonds is 4. The summed E-state index contributed by atoms with van der Waals surface area (Å²) in [6, 6.07) is 5.75. The second-order valence-corrected chi connectivity index (χ2v) is 8.34. The van der Waals surface area contributed by atoms with E-state index >= 15 is 0 Å². The smallest absolute Gasteiger partial charge is 0.245 e. The number of hydrogen-bond donors (Lipinski definition) is 0. The van der Waals surface area contributed by atoms with Crippen molar-refractivity contribution in [3.8, 4) is 0 Å². The van der Waals surface area contributed by atoms with E-state index < -0.39 is 15.8 Å². The van der Waals surface area contributed by atoms with E-state index in [-0.39, 0.29) is 10.9 Å². The summed E-state index contributed by atoms with van der Waals surface area (Å²) in [6.45, 7) is 0.757. The van der Waals surface area contributed by atoms with Gasteiger partial charge in [0.1, 0.15) is 22.9 Å². The lowest BCUT2D eigenvalue weighted by molar-refractivity contribution is 0.269. The lowest BCUT2D eigenvalue weighted by atomic mass is 10.1. The van der Waals surface area contributed by atoms with Crippen LogP contribution in [0.3, 0.4) is 0 Å². The number of piperidine rings is 1. The molecule has 2 aliphatic rings. The molecule has 8 heteroatoms. The summed E-state index contributed by atoms with van der Waals surface area (Å²) in [5.41, 5.74) is 0. The highest BCUT2D eigenvalue weighted by Crippen LogP contribution is 2.40. The molecule has 1 aliphatic carbocycles. The first kappa shape index (κ1) is 15.7. The average molecular weight is 350 g/mol. The fourth-order valence-electron chi connectivity index (χ4n) is 3.32. The van der Waals surface area contributed by atoms with Crippen molar-refractivity contribution in [3.63, 3.8) is 0 Å². The Morgan fingerprint density at radius 2 is 1.79 bits per heavy atom. The van der Waals surface area contributed by atoms with Crippen LogP contribution < -0.4 is 0 Å². The van der Waals surface area contributed by atoms with Gasteiger partial charge in [0.25, 0.3) is 0 Å². The number of aromatic nitrogens is 3. The summed E-state index contributed by atoms with van der Waals surface area (Å²) in [6.07, 6.45) is 5.43. The molecule has 0 atom stereocenters. The van der Waals surface area contributed by atoms with Crippen molar-refractivity contribution >= 4 is 10.0 Å². The fraction of sp³-hybridized carbons (Fsp3) is 0.500. The molecule has 0 unspecified atom stereocenters. The Labute approximate surface area is 140 Å². The molecular weight excluding hydrogens is 331 g/mol. The molecule has 1 aromatic heterocycles. The van der Waals surface area contributed by atoms with Crippen LogP contribution in [0.4, 0.5) is 4.39 Å². The van der Waals surface area contributed by atoms with Gasteiger partial charge in [0.15, 0.2) is 0 Å². The number of nitrogens with zero attached hydrogens (tertiary/aromatic N) is 4. The zero-order valence-electron chi connectivity index (χ0n) is 13.2. The maximum Gasteiger partial charge on any atom is 0.245 e. The summed E-state index contributed by atoms with van der Waals surface area (Å²) in [4.78, 5) is -0.244. The Hall–Kier alpha value is -1.80. The first-order chi connectivity index (χ1) is 11.6. The van der Waals surface area contributed by atoms with E-state index in [4.69, 9.17) is 0 Å². The number of halogens is 1. The zero-order valence-corrected chi connectivity index (χ0v) is 14.0. The predicted octanol–water partition coefficient (Wildman–Crippen LogP) is 2.32. The number of hydrogen-bond acceptors (Lipinski definition) is 4. The Balaban J connectivity index is 1.50. The minimum absolute atomic E-state index is 0.211. The summed E-state index contributed by atoms with van der Waals surface area (Å²) in [5.74, 6) is 0.826. The van der Waals surface area contributed by atoms with Crippen LogP contribution in [0.15, 0.2) is 35.5 Å². The van der Waals surface area contributed by atoms with Crippen molar-refractivity contribution in [2.24, 2.45) is 0 Å². The van der Waals surface area contributed by atoms with E-state index in [1.54, 1.807) is 12.4 Å². The summed E-state index contributed by atoms with van der Waals surface area (Å²) in [5, 5.41) is 8.23. The minimum atomic E-state index is -3.78. The van der Waals surface area contributed by atoms with Crippen LogP contribution in [-0.4, -0.2) is 40.6 Å². The molecule has 6 nitrogen and oxygen atoms in total. The van der Waals surface area contributed by atoms with E-state index in [9.17, 15) is 12.8 Å². The van der Waals surface area contributed by atoms with Gasteiger partial charge in [-0.3, -0.25) is 0 Å².